The van der Waals surface area contributed by atoms with E-state index >= 15 is 0 Å². The molecule has 1 aromatic carbocycles. The lowest BCUT2D eigenvalue weighted by atomic mass is 10.1. The minimum Gasteiger partial charge on any atom is -0.267 e. The van der Waals surface area contributed by atoms with Gasteiger partial charge in [-0.1, -0.05) is 48.6 Å². The van der Waals surface area contributed by atoms with Crippen LogP contribution in [0.3, 0.4) is 0 Å². The molecule has 1 aliphatic carbocycles. The first-order valence-corrected chi connectivity index (χ1v) is 6.03. The molecule has 1 amide bonds. The Morgan fingerprint density at radius 2 is 1.78 bits per heavy atom. The highest BCUT2D eigenvalue weighted by atomic mass is 16.1. The minimum absolute atomic E-state index is 0.178. The topological polar surface area (TPSA) is 29.4 Å². The van der Waals surface area contributed by atoms with Crippen molar-refractivity contribution in [2.75, 3.05) is 0 Å². The molecule has 2 nitrogen and oxygen atoms in total. The minimum atomic E-state index is -0.178. The first-order valence-electron chi connectivity index (χ1n) is 6.03. The Balaban J connectivity index is 2.16. The normalized spacial score (nSPS) is 22.6. The molecular formula is C16H15NO. The van der Waals surface area contributed by atoms with Crippen molar-refractivity contribution in [1.29, 1.82) is 0 Å². The van der Waals surface area contributed by atoms with E-state index in [4.69, 9.17) is 0 Å². The molecular weight excluding hydrogens is 222 g/mol. The fourth-order valence-electron chi connectivity index (χ4n) is 1.65. The van der Waals surface area contributed by atoms with Crippen molar-refractivity contribution in [1.82, 2.24) is 0 Å². The van der Waals surface area contributed by atoms with Crippen molar-refractivity contribution in [2.24, 2.45) is 4.99 Å². The number of amides is 1. The molecule has 90 valence electrons. The molecule has 1 aromatic rings. The second-order valence-electron chi connectivity index (χ2n) is 3.99. The summed E-state index contributed by atoms with van der Waals surface area (Å²) < 4.78 is 0. The number of aliphatic imine (C=N–C) groups is 1. The Hall–Kier alpha value is -2.22. The van der Waals surface area contributed by atoms with Gasteiger partial charge in [0.15, 0.2) is 0 Å². The maximum absolute atomic E-state index is 11.9. The molecule has 0 radical (unpaired) electrons. The number of hydrogen-bond acceptors (Lipinski definition) is 1. The summed E-state index contributed by atoms with van der Waals surface area (Å²) in [6.07, 6.45) is 13.5. The molecule has 0 fully saturated rings. The van der Waals surface area contributed by atoms with Crippen LogP contribution in [0.4, 0.5) is 0 Å². The molecule has 0 bridgehead atoms. The summed E-state index contributed by atoms with van der Waals surface area (Å²) in [6, 6.07) is 9.14. The third kappa shape index (κ3) is 3.67. The highest BCUT2D eigenvalue weighted by Gasteiger charge is 2.04. The van der Waals surface area contributed by atoms with E-state index in [2.05, 4.69) is 11.1 Å². The van der Waals surface area contributed by atoms with Gasteiger partial charge in [-0.3, -0.25) is 4.79 Å². The highest BCUT2D eigenvalue weighted by Crippen LogP contribution is 2.05. The quantitative estimate of drug-likeness (QED) is 0.731. The fourth-order valence-corrected chi connectivity index (χ4v) is 1.65. The van der Waals surface area contributed by atoms with Crippen LogP contribution in [0, 0.1) is 0 Å². The van der Waals surface area contributed by atoms with Gasteiger partial charge in [-0.05, 0) is 31.1 Å². The maximum Gasteiger partial charge on any atom is 0.277 e. The Bertz CT molecular complexity index is 521. The van der Waals surface area contributed by atoms with Crippen molar-refractivity contribution < 1.29 is 4.79 Å². The zero-order chi connectivity index (χ0) is 12.6. The number of benzene rings is 1. The van der Waals surface area contributed by atoms with Gasteiger partial charge < -0.3 is 0 Å². The predicted molar refractivity (Wildman–Crippen MR) is 74.9 cm³/mol. The zero-order valence-corrected chi connectivity index (χ0v) is 10.1. The summed E-state index contributed by atoms with van der Waals surface area (Å²) in [5.74, 6) is -0.178. The van der Waals surface area contributed by atoms with E-state index in [9.17, 15) is 4.79 Å². The van der Waals surface area contributed by atoms with Crippen molar-refractivity contribution in [2.45, 2.75) is 12.8 Å². The Labute approximate surface area is 107 Å². The van der Waals surface area contributed by atoms with E-state index in [0.717, 1.165) is 18.6 Å². The van der Waals surface area contributed by atoms with Crippen LogP contribution in [-0.2, 0) is 0 Å². The molecule has 0 aromatic heterocycles. The average molecular weight is 237 g/mol. The summed E-state index contributed by atoms with van der Waals surface area (Å²) in [6.45, 7) is 0. The van der Waals surface area contributed by atoms with Crippen molar-refractivity contribution in [3.8, 4) is 0 Å². The monoisotopic (exact) mass is 237 g/mol. The summed E-state index contributed by atoms with van der Waals surface area (Å²) in [7, 11) is 0. The molecule has 18 heavy (non-hydrogen) atoms. The van der Waals surface area contributed by atoms with Crippen molar-refractivity contribution >= 4 is 11.6 Å². The summed E-state index contributed by atoms with van der Waals surface area (Å²) in [5.41, 5.74) is 1.45. The van der Waals surface area contributed by atoms with Crippen LogP contribution in [0.1, 0.15) is 23.2 Å². The second kappa shape index (κ2) is 6.50. The third-order valence-corrected chi connectivity index (χ3v) is 2.59. The Kier molecular flexibility index (Phi) is 4.42. The largest absolute Gasteiger partial charge is 0.277 e. The molecule has 0 spiro atoms. The van der Waals surface area contributed by atoms with Crippen LogP contribution in [0.25, 0.3) is 0 Å². The van der Waals surface area contributed by atoms with Crippen molar-refractivity contribution in [3.63, 3.8) is 0 Å². The van der Waals surface area contributed by atoms with Gasteiger partial charge in [0.2, 0.25) is 0 Å². The number of allylic oxidation sites excluding steroid dienone is 6. The molecule has 0 N–H and O–H groups in total. The Morgan fingerprint density at radius 1 is 1.00 bits per heavy atom. The Morgan fingerprint density at radius 3 is 2.61 bits per heavy atom. The number of rotatable bonds is 1. The van der Waals surface area contributed by atoms with Crippen LogP contribution in [0.15, 0.2) is 71.8 Å². The first kappa shape index (κ1) is 12.2. The SMILES string of the molecule is O=C(N=C1\C=C/C=C\C=C/CC1)c1ccccc1. The van der Waals surface area contributed by atoms with Crippen LogP contribution >= 0.6 is 0 Å². The maximum atomic E-state index is 11.9. The van der Waals surface area contributed by atoms with E-state index in [0.29, 0.717) is 5.56 Å². The van der Waals surface area contributed by atoms with Crippen LogP contribution in [0.2, 0.25) is 0 Å². The fraction of sp³-hybridized carbons (Fsp3) is 0.125. The van der Waals surface area contributed by atoms with E-state index < -0.39 is 0 Å². The highest BCUT2D eigenvalue weighted by molar-refractivity contribution is 6.07. The predicted octanol–water partition coefficient (Wildman–Crippen LogP) is 3.73. The molecule has 0 unspecified atom stereocenters. The van der Waals surface area contributed by atoms with Gasteiger partial charge in [0.25, 0.3) is 5.91 Å². The summed E-state index contributed by atoms with van der Waals surface area (Å²) in [5, 5.41) is 0. The van der Waals surface area contributed by atoms with Crippen molar-refractivity contribution in [3.05, 3.63) is 72.4 Å². The first-order chi connectivity index (χ1) is 8.86. The lowest BCUT2D eigenvalue weighted by molar-refractivity contribution is 0.100. The molecule has 0 atom stereocenters. The molecule has 0 heterocycles. The number of carbonyl (C=O) groups is 1. The van der Waals surface area contributed by atoms with Gasteiger partial charge >= 0.3 is 0 Å². The number of hydrogen-bond donors (Lipinski definition) is 0. The van der Waals surface area contributed by atoms with E-state index in [1.807, 2.05) is 48.6 Å². The molecule has 2 heteroatoms. The van der Waals surface area contributed by atoms with Gasteiger partial charge in [-0.25, -0.2) is 4.99 Å². The second-order valence-corrected chi connectivity index (χ2v) is 3.99. The number of nitrogens with zero attached hydrogens (tertiary/aromatic N) is 1. The van der Waals surface area contributed by atoms with E-state index in [1.165, 1.54) is 0 Å². The van der Waals surface area contributed by atoms with E-state index in [-0.39, 0.29) is 5.91 Å². The van der Waals surface area contributed by atoms with Crippen LogP contribution < -0.4 is 0 Å². The molecule has 2 rings (SSSR count). The standard InChI is InChI=1S/C16H15NO/c18-16(14-10-6-5-7-11-14)17-15-12-8-3-1-2-4-9-13-15/h1-8,10-12H,9,13H2/b3-1-,4-2-,12-8-,17-15?. The van der Waals surface area contributed by atoms with E-state index in [1.54, 1.807) is 12.1 Å². The summed E-state index contributed by atoms with van der Waals surface area (Å²) in [4.78, 5) is 16.1. The molecule has 0 saturated heterocycles. The van der Waals surface area contributed by atoms with Gasteiger partial charge in [0, 0.05) is 11.3 Å². The number of carbonyl (C=O) groups excluding carboxylic acids is 1. The van der Waals surface area contributed by atoms with Gasteiger partial charge in [0.05, 0.1) is 0 Å². The lowest BCUT2D eigenvalue weighted by Crippen LogP contribution is -2.01. The van der Waals surface area contributed by atoms with Crippen LogP contribution in [-0.4, -0.2) is 11.6 Å². The molecule has 0 saturated carbocycles. The van der Waals surface area contributed by atoms with Gasteiger partial charge in [0.1, 0.15) is 0 Å². The zero-order valence-electron chi connectivity index (χ0n) is 10.1. The smallest absolute Gasteiger partial charge is 0.267 e. The van der Waals surface area contributed by atoms with Gasteiger partial charge in [-0.2, -0.15) is 0 Å². The summed E-state index contributed by atoms with van der Waals surface area (Å²) >= 11 is 0. The van der Waals surface area contributed by atoms with Gasteiger partial charge in [-0.15, -0.1) is 0 Å². The van der Waals surface area contributed by atoms with Crippen LogP contribution in [0.5, 0.6) is 0 Å². The molecule has 0 aliphatic heterocycles. The lowest BCUT2D eigenvalue weighted by Gasteiger charge is -1.99. The molecule has 1 aliphatic rings. The third-order valence-electron chi connectivity index (χ3n) is 2.59. The average Bonchev–Trinajstić information content (AvgIpc) is 2.54.